The molecule has 0 spiro atoms. The van der Waals surface area contributed by atoms with Gasteiger partial charge in [0.25, 0.3) is 11.8 Å². The average Bonchev–Trinajstić information content (AvgIpc) is 3.46. The summed E-state index contributed by atoms with van der Waals surface area (Å²) >= 11 is 0. The van der Waals surface area contributed by atoms with E-state index < -0.39 is 0 Å². The molecule has 1 saturated carbocycles. The van der Waals surface area contributed by atoms with Crippen molar-refractivity contribution in [1.82, 2.24) is 5.32 Å². The molecule has 2 aromatic rings. The molecule has 26 heavy (non-hydrogen) atoms. The van der Waals surface area contributed by atoms with E-state index in [4.69, 9.17) is 9.47 Å². The Morgan fingerprint density at radius 1 is 1.00 bits per heavy atom. The fraction of sp³-hybridized carbons (Fsp3) is 0.300. The van der Waals surface area contributed by atoms with Crippen molar-refractivity contribution in [2.75, 3.05) is 18.5 Å². The van der Waals surface area contributed by atoms with Crippen molar-refractivity contribution in [1.29, 1.82) is 0 Å². The van der Waals surface area contributed by atoms with Crippen molar-refractivity contribution in [3.8, 4) is 11.5 Å². The van der Waals surface area contributed by atoms with Gasteiger partial charge in [-0.2, -0.15) is 0 Å². The molecule has 1 fully saturated rings. The Labute approximate surface area is 152 Å². The zero-order valence-electron chi connectivity index (χ0n) is 14.7. The molecule has 0 bridgehead atoms. The van der Waals surface area contributed by atoms with Gasteiger partial charge in [-0.05, 0) is 56.2 Å². The van der Waals surface area contributed by atoms with Gasteiger partial charge in [-0.15, -0.1) is 0 Å². The molecule has 0 atom stereocenters. The first-order valence-electron chi connectivity index (χ1n) is 8.71. The molecule has 1 aliphatic carbocycles. The van der Waals surface area contributed by atoms with E-state index in [1.165, 1.54) is 0 Å². The molecule has 2 amide bonds. The highest BCUT2D eigenvalue weighted by Gasteiger charge is 2.25. The van der Waals surface area contributed by atoms with Crippen LogP contribution in [0.1, 0.15) is 30.1 Å². The maximum absolute atomic E-state index is 12.3. The minimum atomic E-state index is -0.328. The number of hydrogen-bond donors (Lipinski definition) is 2. The standard InChI is InChI=1S/C20H22N2O4/c1-2-25-15-9-11-16(12-10-15)26-13-19(23)22-18-6-4-3-5-17(18)20(24)21-14-7-8-14/h3-6,9-12,14H,2,7-8,13H2,1H3,(H,21,24)(H,22,23). The second kappa shape index (κ2) is 8.38. The molecule has 2 aromatic carbocycles. The number of carbonyl (C=O) groups excluding carboxylic acids is 2. The van der Waals surface area contributed by atoms with Gasteiger partial charge in [0.05, 0.1) is 17.9 Å². The van der Waals surface area contributed by atoms with Crippen LogP contribution in [0, 0.1) is 0 Å². The molecule has 2 N–H and O–H groups in total. The van der Waals surface area contributed by atoms with Crippen molar-refractivity contribution in [2.45, 2.75) is 25.8 Å². The first-order chi connectivity index (χ1) is 12.7. The first-order valence-corrected chi connectivity index (χ1v) is 8.71. The predicted octanol–water partition coefficient (Wildman–Crippen LogP) is 3.00. The van der Waals surface area contributed by atoms with Crippen LogP contribution in [-0.4, -0.2) is 31.1 Å². The Hall–Kier alpha value is -3.02. The van der Waals surface area contributed by atoms with Gasteiger partial charge in [-0.25, -0.2) is 0 Å². The lowest BCUT2D eigenvalue weighted by Crippen LogP contribution is -2.27. The molecule has 6 nitrogen and oxygen atoms in total. The number of para-hydroxylation sites is 1. The number of rotatable bonds is 8. The van der Waals surface area contributed by atoms with Crippen molar-refractivity contribution in [3.63, 3.8) is 0 Å². The second-order valence-electron chi connectivity index (χ2n) is 6.03. The van der Waals surface area contributed by atoms with Crippen LogP contribution < -0.4 is 20.1 Å². The predicted molar refractivity (Wildman–Crippen MR) is 98.7 cm³/mol. The molecule has 1 aliphatic rings. The number of ether oxygens (including phenoxy) is 2. The highest BCUT2D eigenvalue weighted by atomic mass is 16.5. The third kappa shape index (κ3) is 4.99. The number of amides is 2. The van der Waals surface area contributed by atoms with Crippen LogP contribution in [0.4, 0.5) is 5.69 Å². The monoisotopic (exact) mass is 354 g/mol. The van der Waals surface area contributed by atoms with E-state index >= 15 is 0 Å². The van der Waals surface area contributed by atoms with E-state index in [0.717, 1.165) is 18.6 Å². The van der Waals surface area contributed by atoms with Gasteiger partial charge in [-0.1, -0.05) is 12.1 Å². The van der Waals surface area contributed by atoms with E-state index in [1.807, 2.05) is 6.92 Å². The van der Waals surface area contributed by atoms with Crippen LogP contribution in [0.5, 0.6) is 11.5 Å². The van der Waals surface area contributed by atoms with Gasteiger partial charge in [0, 0.05) is 6.04 Å². The quantitative estimate of drug-likeness (QED) is 0.764. The van der Waals surface area contributed by atoms with Crippen LogP contribution in [-0.2, 0) is 4.79 Å². The van der Waals surface area contributed by atoms with Gasteiger partial charge in [0.2, 0.25) is 0 Å². The molecule has 0 aromatic heterocycles. The topological polar surface area (TPSA) is 76.7 Å². The van der Waals surface area contributed by atoms with Crippen molar-refractivity contribution in [3.05, 3.63) is 54.1 Å². The molecule has 0 heterocycles. The minimum Gasteiger partial charge on any atom is -0.494 e. The summed E-state index contributed by atoms with van der Waals surface area (Å²) < 4.78 is 10.8. The summed E-state index contributed by atoms with van der Waals surface area (Å²) in [4.78, 5) is 24.4. The molecular weight excluding hydrogens is 332 g/mol. The van der Waals surface area contributed by atoms with Gasteiger partial charge >= 0.3 is 0 Å². The van der Waals surface area contributed by atoms with E-state index in [2.05, 4.69) is 10.6 Å². The van der Waals surface area contributed by atoms with Crippen molar-refractivity contribution >= 4 is 17.5 Å². The summed E-state index contributed by atoms with van der Waals surface area (Å²) in [6.45, 7) is 2.36. The van der Waals surface area contributed by atoms with E-state index in [9.17, 15) is 9.59 Å². The fourth-order valence-electron chi connectivity index (χ4n) is 2.41. The molecule has 136 valence electrons. The summed E-state index contributed by atoms with van der Waals surface area (Å²) in [6, 6.07) is 14.3. The highest BCUT2D eigenvalue weighted by molar-refractivity contribution is 6.04. The molecule has 0 radical (unpaired) electrons. The van der Waals surface area contributed by atoms with Crippen LogP contribution in [0.15, 0.2) is 48.5 Å². The Morgan fingerprint density at radius 2 is 1.65 bits per heavy atom. The summed E-state index contributed by atoms with van der Waals surface area (Å²) in [7, 11) is 0. The molecule has 3 rings (SSSR count). The maximum Gasteiger partial charge on any atom is 0.262 e. The number of hydrogen-bond acceptors (Lipinski definition) is 4. The highest BCUT2D eigenvalue weighted by Crippen LogP contribution is 2.22. The lowest BCUT2D eigenvalue weighted by Gasteiger charge is -2.12. The lowest BCUT2D eigenvalue weighted by atomic mass is 10.1. The summed E-state index contributed by atoms with van der Waals surface area (Å²) in [6.07, 6.45) is 2.02. The van der Waals surface area contributed by atoms with E-state index in [-0.39, 0.29) is 24.5 Å². The van der Waals surface area contributed by atoms with E-state index in [0.29, 0.717) is 23.6 Å². The van der Waals surface area contributed by atoms with Gasteiger partial charge in [0.1, 0.15) is 11.5 Å². The van der Waals surface area contributed by atoms with Crippen LogP contribution in [0.25, 0.3) is 0 Å². The average molecular weight is 354 g/mol. The SMILES string of the molecule is CCOc1ccc(OCC(=O)Nc2ccccc2C(=O)NC2CC2)cc1. The number of anilines is 1. The largest absolute Gasteiger partial charge is 0.494 e. The Balaban J connectivity index is 1.55. The zero-order chi connectivity index (χ0) is 18.4. The number of benzene rings is 2. The van der Waals surface area contributed by atoms with Crippen molar-refractivity contribution < 1.29 is 19.1 Å². The maximum atomic E-state index is 12.3. The normalized spacial score (nSPS) is 13.0. The molecule has 0 unspecified atom stereocenters. The molecular formula is C20H22N2O4. The number of nitrogens with one attached hydrogen (secondary N) is 2. The Bertz CT molecular complexity index is 770. The zero-order valence-corrected chi connectivity index (χ0v) is 14.7. The minimum absolute atomic E-state index is 0.146. The van der Waals surface area contributed by atoms with Gasteiger partial charge in [-0.3, -0.25) is 9.59 Å². The smallest absolute Gasteiger partial charge is 0.262 e. The van der Waals surface area contributed by atoms with Gasteiger partial charge in [0.15, 0.2) is 6.61 Å². The van der Waals surface area contributed by atoms with Crippen LogP contribution in [0.2, 0.25) is 0 Å². The lowest BCUT2D eigenvalue weighted by molar-refractivity contribution is -0.118. The first kappa shape index (κ1) is 17.8. The Morgan fingerprint density at radius 3 is 2.31 bits per heavy atom. The van der Waals surface area contributed by atoms with Crippen LogP contribution in [0.3, 0.4) is 0 Å². The third-order valence-corrected chi connectivity index (χ3v) is 3.86. The second-order valence-corrected chi connectivity index (χ2v) is 6.03. The van der Waals surface area contributed by atoms with Crippen LogP contribution >= 0.6 is 0 Å². The third-order valence-electron chi connectivity index (χ3n) is 3.86. The Kier molecular flexibility index (Phi) is 5.73. The summed E-state index contributed by atoms with van der Waals surface area (Å²) in [5, 5.41) is 5.66. The fourth-order valence-corrected chi connectivity index (χ4v) is 2.41. The van der Waals surface area contributed by atoms with Gasteiger partial charge < -0.3 is 20.1 Å². The molecule has 0 aliphatic heterocycles. The summed E-state index contributed by atoms with van der Waals surface area (Å²) in [5.41, 5.74) is 0.930. The molecule has 0 saturated heterocycles. The summed E-state index contributed by atoms with van der Waals surface area (Å²) in [5.74, 6) is 0.824. The van der Waals surface area contributed by atoms with Crippen molar-refractivity contribution in [2.24, 2.45) is 0 Å². The number of carbonyl (C=O) groups is 2. The van der Waals surface area contributed by atoms with E-state index in [1.54, 1.807) is 48.5 Å². The molecule has 6 heteroatoms.